The van der Waals surface area contributed by atoms with Crippen molar-refractivity contribution in [3.63, 3.8) is 0 Å². The van der Waals surface area contributed by atoms with Crippen LogP contribution >= 0.6 is 0 Å². The van der Waals surface area contributed by atoms with Crippen molar-refractivity contribution in [2.45, 2.75) is 32.3 Å². The highest BCUT2D eigenvalue weighted by atomic mass is 16.3. The summed E-state index contributed by atoms with van der Waals surface area (Å²) >= 11 is 0. The van der Waals surface area contributed by atoms with E-state index >= 15 is 0 Å². The molecule has 1 radical (unpaired) electrons. The molecule has 47 valence electrons. The van der Waals surface area contributed by atoms with Gasteiger partial charge in [-0.25, -0.2) is 5.11 Å². The summed E-state index contributed by atoms with van der Waals surface area (Å²) in [5.41, 5.74) is 0. The molecule has 0 bridgehead atoms. The predicted octanol–water partition coefficient (Wildman–Crippen LogP) is 2.16. The van der Waals surface area contributed by atoms with E-state index in [4.69, 9.17) is 0 Å². The van der Waals surface area contributed by atoms with Crippen LogP contribution in [0.3, 0.4) is 0 Å². The van der Waals surface area contributed by atoms with E-state index in [1.54, 1.807) is 0 Å². The molecule has 0 aliphatic carbocycles. The second-order valence-corrected chi connectivity index (χ2v) is 1.92. The SMILES string of the molecule is C=CC([O])CCCC. The van der Waals surface area contributed by atoms with E-state index in [9.17, 15) is 5.11 Å². The fourth-order valence-electron chi connectivity index (χ4n) is 0.523. The summed E-state index contributed by atoms with van der Waals surface area (Å²) in [4.78, 5) is 0. The van der Waals surface area contributed by atoms with Crippen molar-refractivity contribution >= 4 is 0 Å². The molecular weight excluding hydrogens is 100 g/mol. The fraction of sp³-hybridized carbons (Fsp3) is 0.714. The number of unbranched alkanes of at least 4 members (excludes halogenated alkanes) is 1. The Morgan fingerprint density at radius 1 is 1.75 bits per heavy atom. The zero-order valence-corrected chi connectivity index (χ0v) is 5.39. The lowest BCUT2D eigenvalue weighted by Crippen LogP contribution is -1.97. The lowest BCUT2D eigenvalue weighted by atomic mass is 10.2. The van der Waals surface area contributed by atoms with Gasteiger partial charge in [0.15, 0.2) is 0 Å². The van der Waals surface area contributed by atoms with Gasteiger partial charge >= 0.3 is 0 Å². The monoisotopic (exact) mass is 113 g/mol. The van der Waals surface area contributed by atoms with Gasteiger partial charge in [-0.15, -0.1) is 6.58 Å². The van der Waals surface area contributed by atoms with Gasteiger partial charge in [0.25, 0.3) is 0 Å². The van der Waals surface area contributed by atoms with Gasteiger partial charge < -0.3 is 0 Å². The Hall–Kier alpha value is -0.300. The van der Waals surface area contributed by atoms with Crippen LogP contribution in [0, 0.1) is 0 Å². The van der Waals surface area contributed by atoms with Gasteiger partial charge in [0.2, 0.25) is 0 Å². The van der Waals surface area contributed by atoms with Crippen molar-refractivity contribution in [2.24, 2.45) is 0 Å². The minimum atomic E-state index is -0.532. The van der Waals surface area contributed by atoms with E-state index in [0.717, 1.165) is 19.3 Å². The van der Waals surface area contributed by atoms with E-state index in [1.807, 2.05) is 0 Å². The highest BCUT2D eigenvalue weighted by Gasteiger charge is 1.95. The first-order valence-electron chi connectivity index (χ1n) is 3.09. The third-order valence-corrected chi connectivity index (χ3v) is 1.11. The third kappa shape index (κ3) is 3.88. The van der Waals surface area contributed by atoms with Crippen molar-refractivity contribution in [3.05, 3.63) is 12.7 Å². The van der Waals surface area contributed by atoms with Crippen LogP contribution in [-0.2, 0) is 5.11 Å². The summed E-state index contributed by atoms with van der Waals surface area (Å²) < 4.78 is 0. The van der Waals surface area contributed by atoms with Crippen molar-refractivity contribution < 1.29 is 5.11 Å². The summed E-state index contributed by atoms with van der Waals surface area (Å²) in [5, 5.41) is 10.5. The Kier molecular flexibility index (Phi) is 4.67. The largest absolute Gasteiger partial charge is 0.229 e. The Bertz CT molecular complexity index is 59.4. The highest BCUT2D eigenvalue weighted by Crippen LogP contribution is 2.00. The normalized spacial score (nSPS) is 13.2. The lowest BCUT2D eigenvalue weighted by Gasteiger charge is -1.97. The van der Waals surface area contributed by atoms with E-state index < -0.39 is 6.10 Å². The summed E-state index contributed by atoms with van der Waals surface area (Å²) in [7, 11) is 0. The van der Waals surface area contributed by atoms with Crippen molar-refractivity contribution in [1.82, 2.24) is 0 Å². The molecule has 1 heteroatoms. The van der Waals surface area contributed by atoms with Crippen LogP contribution in [0.25, 0.3) is 0 Å². The maximum atomic E-state index is 10.5. The van der Waals surface area contributed by atoms with Crippen LogP contribution in [0.5, 0.6) is 0 Å². The van der Waals surface area contributed by atoms with Gasteiger partial charge in [-0.3, -0.25) is 0 Å². The maximum Gasteiger partial charge on any atom is 0.111 e. The molecular formula is C7H13O. The zero-order chi connectivity index (χ0) is 6.41. The molecule has 0 amide bonds. The molecule has 0 saturated heterocycles. The minimum Gasteiger partial charge on any atom is -0.229 e. The first-order chi connectivity index (χ1) is 3.81. The third-order valence-electron chi connectivity index (χ3n) is 1.11. The molecule has 0 heterocycles. The molecule has 8 heavy (non-hydrogen) atoms. The second kappa shape index (κ2) is 4.85. The lowest BCUT2D eigenvalue weighted by molar-refractivity contribution is 0.120. The Balaban J connectivity index is 2.98. The van der Waals surface area contributed by atoms with E-state index in [2.05, 4.69) is 13.5 Å². The standard InChI is InChI=1S/C7H13O/c1-3-5-6-7(8)4-2/h4,7H,2-3,5-6H2,1H3. The Morgan fingerprint density at radius 2 is 2.38 bits per heavy atom. The van der Waals surface area contributed by atoms with Gasteiger partial charge in [-0.1, -0.05) is 25.8 Å². The molecule has 0 aromatic rings. The maximum absolute atomic E-state index is 10.5. The molecule has 1 nitrogen and oxygen atoms in total. The molecule has 0 aliphatic rings. The van der Waals surface area contributed by atoms with Gasteiger partial charge in [0.05, 0.1) is 0 Å². The second-order valence-electron chi connectivity index (χ2n) is 1.92. The van der Waals surface area contributed by atoms with E-state index in [0.29, 0.717) is 0 Å². The quantitative estimate of drug-likeness (QED) is 0.498. The van der Waals surface area contributed by atoms with Crippen LogP contribution in [0.1, 0.15) is 26.2 Å². The highest BCUT2D eigenvalue weighted by molar-refractivity contribution is 4.76. The molecule has 0 rings (SSSR count). The fourth-order valence-corrected chi connectivity index (χ4v) is 0.523. The minimum absolute atomic E-state index is 0.532. The molecule has 0 spiro atoms. The average Bonchev–Trinajstić information content (AvgIpc) is 1.83. The van der Waals surface area contributed by atoms with E-state index in [1.165, 1.54) is 6.08 Å². The summed E-state index contributed by atoms with van der Waals surface area (Å²) in [5.74, 6) is 0. The zero-order valence-electron chi connectivity index (χ0n) is 5.39. The topological polar surface area (TPSA) is 19.9 Å². The summed E-state index contributed by atoms with van der Waals surface area (Å²) in [6.45, 7) is 5.48. The molecule has 0 saturated carbocycles. The van der Waals surface area contributed by atoms with Crippen LogP contribution in [0.2, 0.25) is 0 Å². The molecule has 0 N–H and O–H groups in total. The van der Waals surface area contributed by atoms with Crippen LogP contribution in [0.15, 0.2) is 12.7 Å². The predicted molar refractivity (Wildman–Crippen MR) is 34.2 cm³/mol. The number of hydrogen-bond acceptors (Lipinski definition) is 0. The van der Waals surface area contributed by atoms with Crippen molar-refractivity contribution in [3.8, 4) is 0 Å². The van der Waals surface area contributed by atoms with Crippen molar-refractivity contribution in [2.75, 3.05) is 0 Å². The average molecular weight is 113 g/mol. The molecule has 1 atom stereocenters. The molecule has 1 unspecified atom stereocenters. The van der Waals surface area contributed by atoms with Gasteiger partial charge in [0, 0.05) is 0 Å². The Morgan fingerprint density at radius 3 is 2.75 bits per heavy atom. The smallest absolute Gasteiger partial charge is 0.111 e. The van der Waals surface area contributed by atoms with Crippen LogP contribution in [-0.4, -0.2) is 6.10 Å². The Labute approximate surface area is 51.0 Å². The van der Waals surface area contributed by atoms with E-state index in [-0.39, 0.29) is 0 Å². The number of hydrogen-bond donors (Lipinski definition) is 0. The molecule has 0 fully saturated rings. The molecule has 0 aromatic carbocycles. The van der Waals surface area contributed by atoms with Gasteiger partial charge in [0.1, 0.15) is 6.10 Å². The van der Waals surface area contributed by atoms with Crippen LogP contribution in [0.4, 0.5) is 0 Å². The van der Waals surface area contributed by atoms with Gasteiger partial charge in [-0.05, 0) is 6.42 Å². The van der Waals surface area contributed by atoms with Crippen molar-refractivity contribution in [1.29, 1.82) is 0 Å². The number of rotatable bonds is 4. The summed E-state index contributed by atoms with van der Waals surface area (Å²) in [6.07, 6.45) is 3.82. The molecule has 0 aliphatic heterocycles. The van der Waals surface area contributed by atoms with Crippen LogP contribution < -0.4 is 0 Å². The molecule has 0 aromatic heterocycles. The van der Waals surface area contributed by atoms with Gasteiger partial charge in [-0.2, -0.15) is 0 Å². The first kappa shape index (κ1) is 7.70. The first-order valence-corrected chi connectivity index (χ1v) is 3.09. The summed E-state index contributed by atoms with van der Waals surface area (Å²) in [6, 6.07) is 0.